The zero-order valence-electron chi connectivity index (χ0n) is 17.7. The number of carbonyl (C=O) groups excluding carboxylic acids is 2. The maximum Gasteiger partial charge on any atom is 0.260 e. The van der Waals surface area contributed by atoms with Crippen LogP contribution in [0.5, 0.6) is 5.75 Å². The van der Waals surface area contributed by atoms with E-state index in [0.29, 0.717) is 37.0 Å². The van der Waals surface area contributed by atoms with Crippen molar-refractivity contribution in [3.05, 3.63) is 69.7 Å². The predicted molar refractivity (Wildman–Crippen MR) is 121 cm³/mol. The van der Waals surface area contributed by atoms with E-state index in [-0.39, 0.29) is 46.0 Å². The number of halogens is 3. The molecule has 0 atom stereocenters. The summed E-state index contributed by atoms with van der Waals surface area (Å²) in [4.78, 5) is 29.0. The molecule has 0 spiro atoms. The Morgan fingerprint density at radius 2 is 1.73 bits per heavy atom. The van der Waals surface area contributed by atoms with Crippen LogP contribution in [0, 0.1) is 12.7 Å². The van der Waals surface area contributed by atoms with Gasteiger partial charge in [-0.15, -0.1) is 0 Å². The van der Waals surface area contributed by atoms with Gasteiger partial charge in [0.25, 0.3) is 11.8 Å². The second-order valence-electron chi connectivity index (χ2n) is 7.47. The zero-order chi connectivity index (χ0) is 23.5. The third-order valence-electron chi connectivity index (χ3n) is 5.37. The summed E-state index contributed by atoms with van der Waals surface area (Å²) in [5, 5.41) is 4.60. The van der Waals surface area contributed by atoms with Crippen LogP contribution in [0.2, 0.25) is 10.0 Å². The van der Waals surface area contributed by atoms with Gasteiger partial charge in [0.05, 0.1) is 10.6 Å². The number of carbonyl (C=O) groups is 2. The van der Waals surface area contributed by atoms with E-state index < -0.39 is 5.82 Å². The number of nitrogens with zero attached hydrogens (tertiary/aromatic N) is 3. The number of hydrogen-bond acceptors (Lipinski definition) is 5. The van der Waals surface area contributed by atoms with Crippen LogP contribution in [-0.2, 0) is 4.79 Å². The first-order valence-electron chi connectivity index (χ1n) is 10.2. The molecule has 0 bridgehead atoms. The molecule has 2 heterocycles. The van der Waals surface area contributed by atoms with Crippen LogP contribution in [0.4, 0.5) is 4.39 Å². The molecule has 0 saturated carbocycles. The average molecular weight is 492 g/mol. The Balaban J connectivity index is 1.40. The third kappa shape index (κ3) is 4.96. The molecule has 0 radical (unpaired) electrons. The van der Waals surface area contributed by atoms with Gasteiger partial charge in [0.15, 0.2) is 6.61 Å². The van der Waals surface area contributed by atoms with Crippen molar-refractivity contribution in [2.45, 2.75) is 6.92 Å². The molecule has 1 aromatic heterocycles. The minimum atomic E-state index is -0.596. The molecule has 1 aliphatic heterocycles. The van der Waals surface area contributed by atoms with E-state index in [1.54, 1.807) is 41.0 Å². The Morgan fingerprint density at radius 1 is 1.06 bits per heavy atom. The second kappa shape index (κ2) is 9.80. The van der Waals surface area contributed by atoms with Crippen LogP contribution in [0.15, 0.2) is 47.0 Å². The molecule has 3 aromatic rings. The normalized spacial score (nSPS) is 13.8. The summed E-state index contributed by atoms with van der Waals surface area (Å²) in [6.45, 7) is 2.77. The monoisotopic (exact) mass is 491 g/mol. The molecule has 172 valence electrons. The Kier molecular flexibility index (Phi) is 6.85. The Morgan fingerprint density at radius 3 is 2.39 bits per heavy atom. The lowest BCUT2D eigenvalue weighted by Gasteiger charge is -2.34. The van der Waals surface area contributed by atoms with Gasteiger partial charge < -0.3 is 19.1 Å². The minimum Gasteiger partial charge on any atom is -0.484 e. The molecule has 1 aliphatic rings. The SMILES string of the molecule is Cc1onc(-c2c(F)cccc2Cl)c1C(=O)N1CCN(C(=O)COc2ccc(Cl)cc2)CC1. The minimum absolute atomic E-state index is 0.0209. The van der Waals surface area contributed by atoms with Crippen molar-refractivity contribution in [2.24, 2.45) is 0 Å². The standard InChI is InChI=1S/C23H20Cl2FN3O4/c1-14-20(22(27-33-14)21-17(25)3-2-4-18(21)26)23(31)29-11-9-28(10-12-29)19(30)13-32-16-7-5-15(24)6-8-16/h2-8H,9-13H2,1H3. The van der Waals surface area contributed by atoms with E-state index in [1.165, 1.54) is 18.2 Å². The van der Waals surface area contributed by atoms with Gasteiger partial charge in [0.1, 0.15) is 28.6 Å². The largest absolute Gasteiger partial charge is 0.484 e. The lowest BCUT2D eigenvalue weighted by atomic mass is 10.0. The van der Waals surface area contributed by atoms with Crippen molar-refractivity contribution in [1.82, 2.24) is 15.0 Å². The van der Waals surface area contributed by atoms with E-state index >= 15 is 0 Å². The van der Waals surface area contributed by atoms with Crippen LogP contribution < -0.4 is 4.74 Å². The number of piperazine rings is 1. The maximum atomic E-state index is 14.4. The first kappa shape index (κ1) is 23.1. The first-order chi connectivity index (χ1) is 15.8. The summed E-state index contributed by atoms with van der Waals surface area (Å²) in [7, 11) is 0. The smallest absolute Gasteiger partial charge is 0.260 e. The van der Waals surface area contributed by atoms with E-state index in [4.69, 9.17) is 32.5 Å². The summed E-state index contributed by atoms with van der Waals surface area (Å²) in [5.74, 6) is -0.321. The first-order valence-corrected chi connectivity index (χ1v) is 11.0. The summed E-state index contributed by atoms with van der Waals surface area (Å²) in [6.07, 6.45) is 0. The molecule has 1 fully saturated rings. The molecular formula is C23H20Cl2FN3O4. The fourth-order valence-electron chi connectivity index (χ4n) is 3.60. The Bertz CT molecular complexity index is 1150. The highest BCUT2D eigenvalue weighted by atomic mass is 35.5. The molecule has 0 unspecified atom stereocenters. The summed E-state index contributed by atoms with van der Waals surface area (Å²) in [6, 6.07) is 11.0. The van der Waals surface area contributed by atoms with Crippen molar-refractivity contribution >= 4 is 35.0 Å². The van der Waals surface area contributed by atoms with Crippen molar-refractivity contribution in [1.29, 1.82) is 0 Å². The highest BCUT2D eigenvalue weighted by molar-refractivity contribution is 6.33. The summed E-state index contributed by atoms with van der Waals surface area (Å²) < 4.78 is 25.1. The van der Waals surface area contributed by atoms with Crippen LogP contribution in [-0.4, -0.2) is 59.6 Å². The van der Waals surface area contributed by atoms with E-state index in [0.717, 1.165) is 0 Å². The highest BCUT2D eigenvalue weighted by Gasteiger charge is 2.31. The van der Waals surface area contributed by atoms with E-state index in [2.05, 4.69) is 5.16 Å². The molecule has 33 heavy (non-hydrogen) atoms. The van der Waals surface area contributed by atoms with Crippen LogP contribution >= 0.6 is 23.2 Å². The topological polar surface area (TPSA) is 75.9 Å². The van der Waals surface area contributed by atoms with Gasteiger partial charge in [0, 0.05) is 31.2 Å². The molecule has 0 aliphatic carbocycles. The van der Waals surface area contributed by atoms with Crippen molar-refractivity contribution < 1.29 is 23.2 Å². The number of rotatable bonds is 5. The van der Waals surface area contributed by atoms with Crippen molar-refractivity contribution in [3.8, 4) is 17.0 Å². The molecule has 2 amide bonds. The van der Waals surface area contributed by atoms with Crippen LogP contribution in [0.1, 0.15) is 16.1 Å². The summed E-state index contributed by atoms with van der Waals surface area (Å²) >= 11 is 12.0. The van der Waals surface area contributed by atoms with E-state index in [9.17, 15) is 14.0 Å². The summed E-state index contributed by atoms with van der Waals surface area (Å²) in [5.41, 5.74) is 0.246. The van der Waals surface area contributed by atoms with Gasteiger partial charge in [-0.3, -0.25) is 9.59 Å². The molecule has 1 saturated heterocycles. The fraction of sp³-hybridized carbons (Fsp3) is 0.261. The van der Waals surface area contributed by atoms with Gasteiger partial charge in [-0.1, -0.05) is 34.4 Å². The zero-order valence-corrected chi connectivity index (χ0v) is 19.2. The lowest BCUT2D eigenvalue weighted by Crippen LogP contribution is -2.51. The van der Waals surface area contributed by atoms with Crippen molar-refractivity contribution in [3.63, 3.8) is 0 Å². The van der Waals surface area contributed by atoms with Gasteiger partial charge in [-0.2, -0.15) is 0 Å². The number of aryl methyl sites for hydroxylation is 1. The van der Waals surface area contributed by atoms with Gasteiger partial charge >= 0.3 is 0 Å². The molecule has 4 rings (SSSR count). The second-order valence-corrected chi connectivity index (χ2v) is 8.32. The van der Waals surface area contributed by atoms with Crippen LogP contribution in [0.3, 0.4) is 0 Å². The highest BCUT2D eigenvalue weighted by Crippen LogP contribution is 2.34. The fourth-order valence-corrected chi connectivity index (χ4v) is 3.98. The van der Waals surface area contributed by atoms with Gasteiger partial charge in [-0.25, -0.2) is 4.39 Å². The Labute approximate surface area is 199 Å². The Hall–Kier alpha value is -3.10. The van der Waals surface area contributed by atoms with Gasteiger partial charge in [-0.05, 0) is 43.3 Å². The number of amides is 2. The lowest BCUT2D eigenvalue weighted by molar-refractivity contribution is -0.134. The maximum absolute atomic E-state index is 14.4. The number of aromatic nitrogens is 1. The quantitative estimate of drug-likeness (QED) is 0.526. The molecule has 2 aromatic carbocycles. The van der Waals surface area contributed by atoms with Gasteiger partial charge in [0.2, 0.25) is 0 Å². The van der Waals surface area contributed by atoms with Crippen LogP contribution in [0.25, 0.3) is 11.3 Å². The third-order valence-corrected chi connectivity index (χ3v) is 5.94. The van der Waals surface area contributed by atoms with Crippen molar-refractivity contribution in [2.75, 3.05) is 32.8 Å². The van der Waals surface area contributed by atoms with E-state index in [1.807, 2.05) is 0 Å². The molecule has 10 heteroatoms. The average Bonchev–Trinajstić information content (AvgIpc) is 3.19. The number of benzene rings is 2. The number of ether oxygens (including phenoxy) is 1. The molecular weight excluding hydrogens is 472 g/mol. The molecule has 0 N–H and O–H groups in total. The molecule has 7 nitrogen and oxygen atoms in total. The number of hydrogen-bond donors (Lipinski definition) is 0. The predicted octanol–water partition coefficient (Wildman–Crippen LogP) is 4.46.